The number of halogens is 7. The molecule has 2 N–H and O–H groups in total. The zero-order chi connectivity index (χ0) is 27.0. The first-order chi connectivity index (χ1) is 16.6. The molecule has 196 valence electrons. The number of hydrogen-bond acceptors (Lipinski definition) is 3. The minimum absolute atomic E-state index is 0.00703. The highest BCUT2D eigenvalue weighted by Crippen LogP contribution is 2.43. The molecule has 0 radical (unpaired) electrons. The van der Waals surface area contributed by atoms with Gasteiger partial charge < -0.3 is 15.4 Å². The Labute approximate surface area is 207 Å². The topological polar surface area (TPSA) is 75.9 Å². The smallest absolute Gasteiger partial charge is 0.416 e. The lowest BCUT2D eigenvalue weighted by atomic mass is 9.90. The molecule has 6 nitrogen and oxygen atoms in total. The fraction of sp³-hybridized carbons (Fsp3) is 0.391. The van der Waals surface area contributed by atoms with Crippen molar-refractivity contribution >= 4 is 29.4 Å². The normalized spacial score (nSPS) is 18.0. The third-order valence-electron chi connectivity index (χ3n) is 5.74. The maximum Gasteiger partial charge on any atom is 0.416 e. The van der Waals surface area contributed by atoms with Gasteiger partial charge in [0.05, 0.1) is 29.5 Å². The molecule has 1 aliphatic rings. The molecule has 3 rings (SSSR count). The lowest BCUT2D eigenvalue weighted by molar-refractivity contribution is -0.143. The van der Waals surface area contributed by atoms with E-state index in [2.05, 4.69) is 0 Å². The van der Waals surface area contributed by atoms with E-state index >= 15 is 0 Å². The largest absolute Gasteiger partial charge is 0.449 e. The number of fused-ring (bicyclic) bond motifs is 1. The van der Waals surface area contributed by atoms with Crippen LogP contribution in [0.1, 0.15) is 48.6 Å². The van der Waals surface area contributed by atoms with Crippen LogP contribution in [0, 0.1) is 0 Å². The number of urea groups is 1. The minimum Gasteiger partial charge on any atom is -0.449 e. The number of nitrogens with two attached hydrogens (primary N) is 1. The summed E-state index contributed by atoms with van der Waals surface area (Å²) in [7, 11) is 0. The van der Waals surface area contributed by atoms with Gasteiger partial charge in [0.25, 0.3) is 0 Å². The Balaban J connectivity index is 2.09. The molecular weight excluding hydrogens is 516 g/mol. The van der Waals surface area contributed by atoms with E-state index in [0.717, 1.165) is 4.90 Å². The summed E-state index contributed by atoms with van der Waals surface area (Å²) in [6.07, 6.45) is -10.7. The summed E-state index contributed by atoms with van der Waals surface area (Å²) in [4.78, 5) is 27.3. The van der Waals surface area contributed by atoms with Gasteiger partial charge in [-0.25, -0.2) is 9.59 Å². The minimum atomic E-state index is -5.05. The number of carbonyl (C=O) groups excluding carboxylic acids is 2. The van der Waals surface area contributed by atoms with Crippen molar-refractivity contribution in [1.82, 2.24) is 4.90 Å². The molecule has 2 aromatic rings. The third-order valence-corrected chi connectivity index (χ3v) is 5.97. The van der Waals surface area contributed by atoms with Crippen molar-refractivity contribution in [2.24, 2.45) is 5.73 Å². The summed E-state index contributed by atoms with van der Waals surface area (Å²) >= 11 is 6.13. The summed E-state index contributed by atoms with van der Waals surface area (Å²) in [5.41, 5.74) is 2.79. The molecule has 13 heteroatoms. The van der Waals surface area contributed by atoms with E-state index in [1.165, 1.54) is 23.1 Å². The van der Waals surface area contributed by atoms with Gasteiger partial charge in [-0.2, -0.15) is 26.3 Å². The van der Waals surface area contributed by atoms with Crippen molar-refractivity contribution in [3.8, 4) is 0 Å². The highest BCUT2D eigenvalue weighted by atomic mass is 35.5. The zero-order valence-corrected chi connectivity index (χ0v) is 19.8. The Morgan fingerprint density at radius 3 is 2.17 bits per heavy atom. The Kier molecular flexibility index (Phi) is 7.68. The standard InChI is InChI=1S/C23H22ClF6N3O3/c1-3-36-21(35)33-12(2)6-19(17-10-16(24)4-5-18(17)33)32(20(31)34)11-13-7-14(22(25,26)27)9-15(8-13)23(28,29)30/h4-5,7-10,12,19H,3,6,11H2,1-2H3,(H2,31,34)/t12-,19+/m0/s1. The number of carbonyl (C=O) groups is 2. The van der Waals surface area contributed by atoms with E-state index in [4.69, 9.17) is 22.1 Å². The lowest BCUT2D eigenvalue weighted by Gasteiger charge is -2.42. The van der Waals surface area contributed by atoms with Crippen molar-refractivity contribution in [3.05, 3.63) is 63.7 Å². The maximum absolute atomic E-state index is 13.3. The van der Waals surface area contributed by atoms with Gasteiger partial charge in [0, 0.05) is 23.2 Å². The summed E-state index contributed by atoms with van der Waals surface area (Å²) in [6.45, 7) is 2.73. The van der Waals surface area contributed by atoms with Gasteiger partial charge in [0.1, 0.15) is 0 Å². The van der Waals surface area contributed by atoms with E-state index in [9.17, 15) is 35.9 Å². The highest BCUT2D eigenvalue weighted by Gasteiger charge is 2.40. The van der Waals surface area contributed by atoms with Crippen LogP contribution in [0.2, 0.25) is 5.02 Å². The van der Waals surface area contributed by atoms with Crippen molar-refractivity contribution < 1.29 is 40.7 Å². The van der Waals surface area contributed by atoms with Crippen LogP contribution >= 0.6 is 11.6 Å². The second kappa shape index (κ2) is 10.1. The van der Waals surface area contributed by atoms with E-state index in [-0.39, 0.29) is 24.1 Å². The summed E-state index contributed by atoms with van der Waals surface area (Å²) < 4.78 is 85.1. The zero-order valence-electron chi connectivity index (χ0n) is 19.1. The maximum atomic E-state index is 13.3. The second-order valence-electron chi connectivity index (χ2n) is 8.25. The van der Waals surface area contributed by atoms with Crippen LogP contribution in [-0.4, -0.2) is 29.7 Å². The van der Waals surface area contributed by atoms with Gasteiger partial charge in [0.2, 0.25) is 0 Å². The average molecular weight is 538 g/mol. The molecule has 1 heterocycles. The van der Waals surface area contributed by atoms with Crippen molar-refractivity contribution in [3.63, 3.8) is 0 Å². The molecule has 0 aromatic heterocycles. The first-order valence-electron chi connectivity index (χ1n) is 10.7. The lowest BCUT2D eigenvalue weighted by Crippen LogP contribution is -2.48. The molecule has 0 aliphatic carbocycles. The fourth-order valence-corrected chi connectivity index (χ4v) is 4.40. The van der Waals surface area contributed by atoms with Gasteiger partial charge in [-0.3, -0.25) is 4.90 Å². The number of anilines is 1. The Bertz CT molecular complexity index is 1120. The van der Waals surface area contributed by atoms with E-state index in [1.54, 1.807) is 13.8 Å². The molecule has 0 fully saturated rings. The molecule has 1 aliphatic heterocycles. The molecule has 0 bridgehead atoms. The number of primary amides is 1. The van der Waals surface area contributed by atoms with Crippen LogP contribution in [0.25, 0.3) is 0 Å². The summed E-state index contributed by atoms with van der Waals surface area (Å²) in [5.74, 6) is 0. The fourth-order valence-electron chi connectivity index (χ4n) is 4.22. The van der Waals surface area contributed by atoms with Crippen LogP contribution in [0.3, 0.4) is 0 Å². The number of rotatable bonds is 4. The first-order valence-corrected chi connectivity index (χ1v) is 11.1. The molecule has 2 aromatic carbocycles. The van der Waals surface area contributed by atoms with Gasteiger partial charge in [-0.05, 0) is 62.2 Å². The van der Waals surface area contributed by atoms with E-state index in [1.807, 2.05) is 0 Å². The van der Waals surface area contributed by atoms with Crippen molar-refractivity contribution in [2.45, 2.75) is 51.2 Å². The number of hydrogen-bond donors (Lipinski definition) is 1. The number of benzene rings is 2. The summed E-state index contributed by atoms with van der Waals surface area (Å²) in [5, 5.41) is 0.236. The Hall–Kier alpha value is -3.15. The Morgan fingerprint density at radius 2 is 1.67 bits per heavy atom. The second-order valence-corrected chi connectivity index (χ2v) is 8.69. The molecule has 0 spiro atoms. The molecule has 0 unspecified atom stereocenters. The number of amides is 3. The highest BCUT2D eigenvalue weighted by molar-refractivity contribution is 6.30. The monoisotopic (exact) mass is 537 g/mol. The van der Waals surface area contributed by atoms with E-state index < -0.39 is 59.8 Å². The predicted molar refractivity (Wildman–Crippen MR) is 119 cm³/mol. The SMILES string of the molecule is CCOC(=O)N1c2ccc(Cl)cc2[C@H](N(Cc2cc(C(F)(F)F)cc(C(F)(F)F)c2)C(N)=O)C[C@@H]1C. The van der Waals surface area contributed by atoms with E-state index in [0.29, 0.717) is 23.4 Å². The van der Waals surface area contributed by atoms with Crippen LogP contribution in [0.4, 0.5) is 41.6 Å². The van der Waals surface area contributed by atoms with Gasteiger partial charge in [-0.1, -0.05) is 11.6 Å². The third kappa shape index (κ3) is 5.80. The van der Waals surface area contributed by atoms with Crippen molar-refractivity contribution in [2.75, 3.05) is 11.5 Å². The van der Waals surface area contributed by atoms with Crippen LogP contribution < -0.4 is 10.6 Å². The van der Waals surface area contributed by atoms with Crippen LogP contribution in [0.15, 0.2) is 36.4 Å². The molecule has 36 heavy (non-hydrogen) atoms. The average Bonchev–Trinajstić information content (AvgIpc) is 2.75. The molecule has 0 saturated carbocycles. The number of nitrogens with zero attached hydrogens (tertiary/aromatic N) is 2. The molecular formula is C23H22ClF6N3O3. The van der Waals surface area contributed by atoms with Crippen molar-refractivity contribution in [1.29, 1.82) is 0 Å². The first kappa shape index (κ1) is 27.4. The molecule has 3 amide bonds. The number of alkyl halides is 6. The number of ether oxygens (including phenoxy) is 1. The van der Waals surface area contributed by atoms with Gasteiger partial charge in [-0.15, -0.1) is 0 Å². The summed E-state index contributed by atoms with van der Waals surface area (Å²) in [6, 6.07) is 3.03. The Morgan fingerprint density at radius 1 is 1.08 bits per heavy atom. The van der Waals surface area contributed by atoms with Gasteiger partial charge in [0.15, 0.2) is 0 Å². The quantitative estimate of drug-likeness (QED) is 0.438. The van der Waals surface area contributed by atoms with Gasteiger partial charge >= 0.3 is 24.5 Å². The molecule has 0 saturated heterocycles. The predicted octanol–water partition coefficient (Wildman–Crippen LogP) is 6.75. The molecule has 2 atom stereocenters. The van der Waals surface area contributed by atoms with Crippen LogP contribution in [0.5, 0.6) is 0 Å². The van der Waals surface area contributed by atoms with Crippen LogP contribution in [-0.2, 0) is 23.6 Å².